The SMILES string of the molecule is CC(C)(C)OC(=O)N1CCCC1(Cc1ccc(C(F)(F)F)cc1)C(=O)N1CCCN(C2CCC2)CC1. The summed E-state index contributed by atoms with van der Waals surface area (Å²) in [5.74, 6) is -0.124. The van der Waals surface area contributed by atoms with E-state index in [2.05, 4.69) is 4.90 Å². The van der Waals surface area contributed by atoms with Crippen molar-refractivity contribution in [2.45, 2.75) is 89.1 Å². The predicted molar refractivity (Wildman–Crippen MR) is 130 cm³/mol. The van der Waals surface area contributed by atoms with Gasteiger partial charge in [-0.3, -0.25) is 14.6 Å². The quantitative estimate of drug-likeness (QED) is 0.567. The largest absolute Gasteiger partial charge is 0.444 e. The molecule has 0 bridgehead atoms. The Labute approximate surface area is 211 Å². The van der Waals surface area contributed by atoms with E-state index in [4.69, 9.17) is 4.74 Å². The summed E-state index contributed by atoms with van der Waals surface area (Å²) in [6, 6.07) is 5.53. The van der Waals surface area contributed by atoms with Crippen molar-refractivity contribution in [3.8, 4) is 0 Å². The monoisotopic (exact) mass is 509 g/mol. The van der Waals surface area contributed by atoms with E-state index < -0.39 is 29.0 Å². The maximum absolute atomic E-state index is 14.2. The van der Waals surface area contributed by atoms with Crippen molar-refractivity contribution in [1.82, 2.24) is 14.7 Å². The van der Waals surface area contributed by atoms with Crippen LogP contribution >= 0.6 is 0 Å². The molecular formula is C27H38F3N3O3. The van der Waals surface area contributed by atoms with Crippen LogP contribution in [0.15, 0.2) is 24.3 Å². The van der Waals surface area contributed by atoms with Crippen molar-refractivity contribution >= 4 is 12.0 Å². The molecule has 3 fully saturated rings. The van der Waals surface area contributed by atoms with Crippen LogP contribution in [0.25, 0.3) is 0 Å². The number of nitrogens with zero attached hydrogens (tertiary/aromatic N) is 3. The summed E-state index contributed by atoms with van der Waals surface area (Å²) in [5, 5.41) is 0. The first-order valence-electron chi connectivity index (χ1n) is 13.1. The standard InChI is InChI=1S/C27H38F3N3O3/c1-25(2,3)36-24(35)33-16-5-13-26(33,19-20-9-11-21(12-10-20)27(28,29)30)23(34)32-15-6-14-31(17-18-32)22-7-4-8-22/h9-12,22H,4-8,13-19H2,1-3H3. The maximum Gasteiger partial charge on any atom is 0.416 e. The number of hydrogen-bond donors (Lipinski definition) is 0. The highest BCUT2D eigenvalue weighted by Gasteiger charge is 2.52. The first-order chi connectivity index (χ1) is 16.9. The van der Waals surface area contributed by atoms with Crippen LogP contribution in [0, 0.1) is 0 Å². The molecule has 0 spiro atoms. The van der Waals surface area contributed by atoms with Crippen LogP contribution < -0.4 is 0 Å². The minimum absolute atomic E-state index is 0.124. The third kappa shape index (κ3) is 5.82. The van der Waals surface area contributed by atoms with Gasteiger partial charge in [0.15, 0.2) is 0 Å². The van der Waals surface area contributed by atoms with Crippen LogP contribution in [0.2, 0.25) is 0 Å². The number of alkyl halides is 3. The molecule has 2 amide bonds. The number of hydrogen-bond acceptors (Lipinski definition) is 4. The van der Waals surface area contributed by atoms with Crippen molar-refractivity contribution < 1.29 is 27.5 Å². The minimum atomic E-state index is -4.43. The van der Waals surface area contributed by atoms with Crippen LogP contribution in [0.4, 0.5) is 18.0 Å². The molecule has 0 N–H and O–H groups in total. The van der Waals surface area contributed by atoms with Gasteiger partial charge in [0.1, 0.15) is 11.1 Å². The number of carbonyl (C=O) groups is 2. The second kappa shape index (κ2) is 10.2. The molecule has 2 aliphatic heterocycles. The lowest BCUT2D eigenvalue weighted by Gasteiger charge is -2.41. The van der Waals surface area contributed by atoms with Crippen LogP contribution in [0.5, 0.6) is 0 Å². The number of ether oxygens (including phenoxy) is 1. The molecule has 6 nitrogen and oxygen atoms in total. The van der Waals surface area contributed by atoms with Gasteiger partial charge in [-0.15, -0.1) is 0 Å². The molecule has 3 aliphatic rings. The molecule has 36 heavy (non-hydrogen) atoms. The van der Waals surface area contributed by atoms with E-state index in [-0.39, 0.29) is 12.3 Å². The molecule has 200 valence electrons. The Bertz CT molecular complexity index is 940. The summed E-state index contributed by atoms with van der Waals surface area (Å²) >= 11 is 0. The van der Waals surface area contributed by atoms with E-state index >= 15 is 0 Å². The highest BCUT2D eigenvalue weighted by Crippen LogP contribution is 2.37. The van der Waals surface area contributed by atoms with Gasteiger partial charge in [-0.05, 0) is 70.6 Å². The van der Waals surface area contributed by atoms with E-state index in [0.717, 1.165) is 31.6 Å². The highest BCUT2D eigenvalue weighted by molar-refractivity contribution is 5.91. The molecule has 0 aromatic heterocycles. The lowest BCUT2D eigenvalue weighted by molar-refractivity contribution is -0.143. The first-order valence-corrected chi connectivity index (χ1v) is 13.1. The van der Waals surface area contributed by atoms with Crippen LogP contribution in [0.3, 0.4) is 0 Å². The Morgan fingerprint density at radius 3 is 2.22 bits per heavy atom. The molecule has 1 aromatic carbocycles. The van der Waals surface area contributed by atoms with Crippen molar-refractivity contribution in [3.63, 3.8) is 0 Å². The van der Waals surface area contributed by atoms with Crippen molar-refractivity contribution in [2.75, 3.05) is 32.7 Å². The number of carbonyl (C=O) groups excluding carboxylic acids is 2. The Hall–Kier alpha value is -2.29. The Kier molecular flexibility index (Phi) is 7.60. The normalized spacial score (nSPS) is 24.4. The molecule has 0 radical (unpaired) electrons. The lowest BCUT2D eigenvalue weighted by atomic mass is 9.86. The number of amides is 2. The fourth-order valence-corrected chi connectivity index (χ4v) is 5.64. The fourth-order valence-electron chi connectivity index (χ4n) is 5.64. The van der Waals surface area contributed by atoms with Crippen molar-refractivity contribution in [2.24, 2.45) is 0 Å². The Morgan fingerprint density at radius 1 is 0.944 bits per heavy atom. The van der Waals surface area contributed by atoms with Crippen LogP contribution in [-0.2, 0) is 22.1 Å². The number of likely N-dealkylation sites (tertiary alicyclic amines) is 1. The highest BCUT2D eigenvalue weighted by atomic mass is 19.4. The number of halogens is 3. The van der Waals surface area contributed by atoms with E-state index in [1.807, 2.05) is 4.90 Å². The zero-order chi connectivity index (χ0) is 26.1. The molecule has 9 heteroatoms. The molecule has 1 saturated carbocycles. The molecule has 4 rings (SSSR count). The van der Waals surface area contributed by atoms with Crippen LogP contribution in [0.1, 0.15) is 70.4 Å². The summed E-state index contributed by atoms with van der Waals surface area (Å²) in [7, 11) is 0. The molecule has 1 aliphatic carbocycles. The van der Waals surface area contributed by atoms with E-state index in [0.29, 0.717) is 44.1 Å². The predicted octanol–water partition coefficient (Wildman–Crippen LogP) is 5.10. The molecule has 1 unspecified atom stereocenters. The Morgan fingerprint density at radius 2 is 1.64 bits per heavy atom. The fraction of sp³-hybridized carbons (Fsp3) is 0.704. The van der Waals surface area contributed by atoms with Gasteiger partial charge in [-0.25, -0.2) is 4.79 Å². The van der Waals surface area contributed by atoms with E-state index in [1.165, 1.54) is 36.3 Å². The van der Waals surface area contributed by atoms with Gasteiger partial charge in [0, 0.05) is 45.2 Å². The third-order valence-corrected chi connectivity index (χ3v) is 7.69. The van der Waals surface area contributed by atoms with Gasteiger partial charge in [-0.1, -0.05) is 18.6 Å². The van der Waals surface area contributed by atoms with E-state index in [1.54, 1.807) is 20.8 Å². The van der Waals surface area contributed by atoms with Gasteiger partial charge in [0.2, 0.25) is 5.91 Å². The molecule has 2 heterocycles. The van der Waals surface area contributed by atoms with Crippen molar-refractivity contribution in [1.29, 1.82) is 0 Å². The summed E-state index contributed by atoms with van der Waals surface area (Å²) in [4.78, 5) is 33.4. The van der Waals surface area contributed by atoms with Crippen LogP contribution in [-0.4, -0.2) is 76.6 Å². The van der Waals surface area contributed by atoms with E-state index in [9.17, 15) is 22.8 Å². The molecule has 2 saturated heterocycles. The zero-order valence-corrected chi connectivity index (χ0v) is 21.6. The van der Waals surface area contributed by atoms with Gasteiger partial charge in [0.05, 0.1) is 5.56 Å². The summed E-state index contributed by atoms with van der Waals surface area (Å²) in [6.45, 7) is 8.68. The van der Waals surface area contributed by atoms with Gasteiger partial charge < -0.3 is 9.64 Å². The minimum Gasteiger partial charge on any atom is -0.444 e. The molecular weight excluding hydrogens is 471 g/mol. The van der Waals surface area contributed by atoms with Gasteiger partial charge in [0.25, 0.3) is 0 Å². The Balaban J connectivity index is 1.61. The van der Waals surface area contributed by atoms with Crippen molar-refractivity contribution in [3.05, 3.63) is 35.4 Å². The van der Waals surface area contributed by atoms with Gasteiger partial charge in [-0.2, -0.15) is 13.2 Å². The summed E-state index contributed by atoms with van der Waals surface area (Å²) < 4.78 is 45.0. The average Bonchev–Trinajstić information content (AvgIpc) is 3.03. The number of rotatable bonds is 4. The van der Waals surface area contributed by atoms with Gasteiger partial charge >= 0.3 is 12.3 Å². The second-order valence-corrected chi connectivity index (χ2v) is 11.4. The smallest absolute Gasteiger partial charge is 0.416 e. The second-order valence-electron chi connectivity index (χ2n) is 11.4. The third-order valence-electron chi connectivity index (χ3n) is 7.69. The number of benzene rings is 1. The lowest BCUT2D eigenvalue weighted by Crippen LogP contribution is -2.60. The molecule has 1 atom stereocenters. The first kappa shape index (κ1) is 26.8. The average molecular weight is 510 g/mol. The zero-order valence-electron chi connectivity index (χ0n) is 21.6. The summed E-state index contributed by atoms with van der Waals surface area (Å²) in [6.07, 6.45) is 0.799. The molecule has 1 aromatic rings. The summed E-state index contributed by atoms with van der Waals surface area (Å²) in [5.41, 5.74) is -2.04. The topological polar surface area (TPSA) is 53.1 Å². The maximum atomic E-state index is 14.2.